The van der Waals surface area contributed by atoms with E-state index in [-0.39, 0.29) is 13.1 Å². The second kappa shape index (κ2) is 4.56. The van der Waals surface area contributed by atoms with Crippen LogP contribution in [0.4, 0.5) is 4.79 Å². The Morgan fingerprint density at radius 1 is 1.53 bits per heavy atom. The number of H-pyrrole nitrogens is 1. The maximum absolute atomic E-state index is 12.0. The molecule has 1 aromatic rings. The fraction of sp³-hybridized carbons (Fsp3) is 0.583. The number of carboxylic acid groups (broad SMARTS) is 1. The number of nitrogens with one attached hydrogen (secondary N) is 1. The molecule has 104 valence electrons. The van der Waals surface area contributed by atoms with Gasteiger partial charge < -0.3 is 19.7 Å². The molecule has 2 heterocycles. The van der Waals surface area contributed by atoms with E-state index < -0.39 is 23.6 Å². The number of nitrogens with zero attached hydrogens (tertiary/aromatic N) is 2. The summed E-state index contributed by atoms with van der Waals surface area (Å²) < 4.78 is 5.26. The summed E-state index contributed by atoms with van der Waals surface area (Å²) in [6.07, 6.45) is 0.929. The molecule has 1 atom stereocenters. The first-order valence-electron chi connectivity index (χ1n) is 6.01. The molecule has 0 saturated carbocycles. The van der Waals surface area contributed by atoms with Crippen molar-refractivity contribution in [2.45, 2.75) is 38.8 Å². The Hall–Kier alpha value is -2.05. The zero-order valence-electron chi connectivity index (χ0n) is 11.1. The summed E-state index contributed by atoms with van der Waals surface area (Å²) in [6, 6.07) is 0. The highest BCUT2D eigenvalue weighted by Crippen LogP contribution is 2.26. The number of aliphatic carboxylic acids is 1. The molecule has 0 aliphatic carbocycles. The second-order valence-electron chi connectivity index (χ2n) is 5.52. The Morgan fingerprint density at radius 2 is 2.21 bits per heavy atom. The van der Waals surface area contributed by atoms with Crippen LogP contribution in [0.3, 0.4) is 0 Å². The lowest BCUT2D eigenvalue weighted by Crippen LogP contribution is -2.43. The van der Waals surface area contributed by atoms with Crippen LogP contribution in [0.15, 0.2) is 6.33 Å². The van der Waals surface area contributed by atoms with E-state index in [9.17, 15) is 14.7 Å². The number of aromatic amines is 1. The van der Waals surface area contributed by atoms with E-state index in [1.807, 2.05) is 0 Å². The van der Waals surface area contributed by atoms with Crippen molar-refractivity contribution < 1.29 is 19.4 Å². The third kappa shape index (κ3) is 2.86. The van der Waals surface area contributed by atoms with E-state index in [1.54, 1.807) is 20.8 Å². The smallest absolute Gasteiger partial charge is 0.410 e. The van der Waals surface area contributed by atoms with Gasteiger partial charge in [-0.15, -0.1) is 0 Å². The van der Waals surface area contributed by atoms with Crippen LogP contribution in [0.25, 0.3) is 0 Å². The van der Waals surface area contributed by atoms with Gasteiger partial charge in [0.2, 0.25) is 0 Å². The maximum atomic E-state index is 12.0. The summed E-state index contributed by atoms with van der Waals surface area (Å²) >= 11 is 0. The first-order valence-corrected chi connectivity index (χ1v) is 6.01. The van der Waals surface area contributed by atoms with Crippen LogP contribution >= 0.6 is 0 Å². The van der Waals surface area contributed by atoms with Crippen molar-refractivity contribution in [1.29, 1.82) is 0 Å². The van der Waals surface area contributed by atoms with Gasteiger partial charge in [-0.05, 0) is 20.8 Å². The second-order valence-corrected chi connectivity index (χ2v) is 5.52. The van der Waals surface area contributed by atoms with Crippen LogP contribution in [-0.2, 0) is 16.1 Å². The number of hydrogen-bond acceptors (Lipinski definition) is 4. The van der Waals surface area contributed by atoms with Crippen LogP contribution < -0.4 is 0 Å². The lowest BCUT2D eigenvalue weighted by molar-refractivity contribution is -0.139. The lowest BCUT2D eigenvalue weighted by atomic mass is 9.99. The van der Waals surface area contributed by atoms with Crippen molar-refractivity contribution in [2.75, 3.05) is 6.54 Å². The molecule has 7 heteroatoms. The van der Waals surface area contributed by atoms with Crippen LogP contribution in [0.2, 0.25) is 0 Å². The zero-order chi connectivity index (χ0) is 14.2. The molecule has 0 aromatic carbocycles. The minimum Gasteiger partial charge on any atom is -0.481 e. The number of aromatic nitrogens is 2. The molecular formula is C12H17N3O4. The quantitative estimate of drug-likeness (QED) is 0.800. The number of fused-ring (bicyclic) bond motifs is 1. The summed E-state index contributed by atoms with van der Waals surface area (Å²) in [5.74, 6) is -1.82. The number of imidazole rings is 1. The topological polar surface area (TPSA) is 95.5 Å². The average Bonchev–Trinajstić information content (AvgIpc) is 2.72. The molecule has 19 heavy (non-hydrogen) atoms. The Bertz CT molecular complexity index is 503. The summed E-state index contributed by atoms with van der Waals surface area (Å²) in [7, 11) is 0. The molecule has 1 aliphatic heterocycles. The van der Waals surface area contributed by atoms with Crippen molar-refractivity contribution >= 4 is 12.1 Å². The number of ether oxygens (including phenoxy) is 1. The van der Waals surface area contributed by atoms with Gasteiger partial charge in [0.1, 0.15) is 11.5 Å². The number of carbonyl (C=O) groups is 2. The molecule has 1 amide bonds. The van der Waals surface area contributed by atoms with Crippen molar-refractivity contribution in [1.82, 2.24) is 14.9 Å². The minimum atomic E-state index is -0.999. The third-order valence-corrected chi connectivity index (χ3v) is 2.78. The van der Waals surface area contributed by atoms with Gasteiger partial charge in [0.25, 0.3) is 0 Å². The van der Waals surface area contributed by atoms with Crippen molar-refractivity contribution in [3.63, 3.8) is 0 Å². The van der Waals surface area contributed by atoms with Gasteiger partial charge in [0.15, 0.2) is 0 Å². The van der Waals surface area contributed by atoms with E-state index in [0.29, 0.717) is 11.4 Å². The van der Waals surface area contributed by atoms with Crippen LogP contribution in [0.5, 0.6) is 0 Å². The van der Waals surface area contributed by atoms with Gasteiger partial charge in [-0.1, -0.05) is 0 Å². The molecule has 2 N–H and O–H groups in total. The minimum absolute atomic E-state index is 0.0715. The number of hydrogen-bond donors (Lipinski definition) is 2. The summed E-state index contributed by atoms with van der Waals surface area (Å²) in [6.45, 7) is 5.66. The Balaban J connectivity index is 2.19. The molecule has 0 spiro atoms. The monoisotopic (exact) mass is 267 g/mol. The van der Waals surface area contributed by atoms with E-state index in [1.165, 1.54) is 11.2 Å². The predicted molar refractivity (Wildman–Crippen MR) is 65.6 cm³/mol. The molecule has 1 aromatic heterocycles. The van der Waals surface area contributed by atoms with Crippen molar-refractivity contribution in [2.24, 2.45) is 0 Å². The summed E-state index contributed by atoms with van der Waals surface area (Å²) in [4.78, 5) is 31.5. The van der Waals surface area contributed by atoms with E-state index in [2.05, 4.69) is 9.97 Å². The van der Waals surface area contributed by atoms with Crippen molar-refractivity contribution in [3.05, 3.63) is 17.7 Å². The van der Waals surface area contributed by atoms with Gasteiger partial charge in [0.05, 0.1) is 24.3 Å². The Labute approximate surface area is 110 Å². The largest absolute Gasteiger partial charge is 0.481 e. The van der Waals surface area contributed by atoms with Crippen LogP contribution in [0.1, 0.15) is 38.1 Å². The van der Waals surface area contributed by atoms with E-state index >= 15 is 0 Å². The highest BCUT2D eigenvalue weighted by atomic mass is 16.6. The summed E-state index contributed by atoms with van der Waals surface area (Å²) in [5, 5.41) is 9.20. The first kappa shape index (κ1) is 13.4. The molecule has 0 bridgehead atoms. The van der Waals surface area contributed by atoms with Crippen LogP contribution in [0, 0.1) is 0 Å². The molecule has 0 radical (unpaired) electrons. The number of carbonyl (C=O) groups excluding carboxylic acids is 1. The zero-order valence-corrected chi connectivity index (χ0v) is 11.1. The fourth-order valence-electron chi connectivity index (χ4n) is 1.98. The number of rotatable bonds is 1. The highest BCUT2D eigenvalue weighted by molar-refractivity contribution is 5.78. The van der Waals surface area contributed by atoms with Gasteiger partial charge in [0, 0.05) is 6.54 Å². The lowest BCUT2D eigenvalue weighted by Gasteiger charge is -2.31. The number of amides is 1. The molecule has 1 unspecified atom stereocenters. The standard InChI is InChI=1S/C12H17N3O4/c1-12(2,3)19-11(18)15-4-7(10(16)17)9-8(5-15)13-6-14-9/h6-7H,4-5H2,1-3H3,(H,13,14)(H,16,17). The summed E-state index contributed by atoms with van der Waals surface area (Å²) in [5.41, 5.74) is 0.529. The van der Waals surface area contributed by atoms with Gasteiger partial charge in [-0.3, -0.25) is 4.79 Å². The third-order valence-electron chi connectivity index (χ3n) is 2.78. The van der Waals surface area contributed by atoms with Crippen LogP contribution in [-0.4, -0.2) is 44.2 Å². The van der Waals surface area contributed by atoms with Gasteiger partial charge in [-0.2, -0.15) is 0 Å². The molecule has 1 aliphatic rings. The molecule has 0 saturated heterocycles. The Morgan fingerprint density at radius 3 is 2.79 bits per heavy atom. The molecule has 7 nitrogen and oxygen atoms in total. The fourth-order valence-corrected chi connectivity index (χ4v) is 1.98. The Kier molecular flexibility index (Phi) is 3.21. The van der Waals surface area contributed by atoms with E-state index in [0.717, 1.165) is 0 Å². The SMILES string of the molecule is CC(C)(C)OC(=O)N1Cc2[nH]cnc2C(C(=O)O)C1. The van der Waals surface area contributed by atoms with Gasteiger partial charge in [-0.25, -0.2) is 9.78 Å². The normalized spacial score (nSPS) is 18.9. The van der Waals surface area contributed by atoms with Crippen molar-refractivity contribution in [3.8, 4) is 0 Å². The predicted octanol–water partition coefficient (Wildman–Crippen LogP) is 1.33. The molecular weight excluding hydrogens is 250 g/mol. The average molecular weight is 267 g/mol. The molecule has 0 fully saturated rings. The highest BCUT2D eigenvalue weighted by Gasteiger charge is 2.36. The molecule has 2 rings (SSSR count). The number of carboxylic acids is 1. The van der Waals surface area contributed by atoms with Gasteiger partial charge >= 0.3 is 12.1 Å². The van der Waals surface area contributed by atoms with E-state index in [4.69, 9.17) is 4.74 Å². The first-order chi connectivity index (χ1) is 8.78. The maximum Gasteiger partial charge on any atom is 0.410 e.